The van der Waals surface area contributed by atoms with Crippen LogP contribution in [-0.2, 0) is 4.79 Å². The van der Waals surface area contributed by atoms with Crippen molar-refractivity contribution in [3.05, 3.63) is 12.7 Å². The van der Waals surface area contributed by atoms with E-state index < -0.39 is 0 Å². The van der Waals surface area contributed by atoms with Crippen LogP contribution in [-0.4, -0.2) is 27.3 Å². The van der Waals surface area contributed by atoms with Crippen LogP contribution in [0.1, 0.15) is 0 Å². The minimum atomic E-state index is -0.176. The molecule has 0 heterocycles. The van der Waals surface area contributed by atoms with Gasteiger partial charge in [-0.2, -0.15) is 0 Å². The molecule has 0 aromatic heterocycles. The Balaban J connectivity index is 3.58. The van der Waals surface area contributed by atoms with Crippen molar-refractivity contribution in [1.82, 2.24) is 3.11 Å². The highest BCUT2D eigenvalue weighted by Crippen LogP contribution is 1.97. The molecule has 3 nitrogen and oxygen atoms in total. The van der Waals surface area contributed by atoms with Crippen molar-refractivity contribution in [2.75, 3.05) is 13.2 Å². The highest BCUT2D eigenvalue weighted by atomic mass is 127. The predicted molar refractivity (Wildman–Crippen MR) is 43.0 cm³/mol. The standard InChI is InChI=1S/C5H8INO2/c1-2-5(9)7(6)3-4-8/h2,8H,1,3-4H2. The molecule has 0 bridgehead atoms. The Bertz CT molecular complexity index is 116. The van der Waals surface area contributed by atoms with Gasteiger partial charge in [-0.3, -0.25) is 7.91 Å². The van der Waals surface area contributed by atoms with Gasteiger partial charge in [-0.1, -0.05) is 6.58 Å². The smallest absolute Gasteiger partial charge is 0.254 e. The molecular weight excluding hydrogens is 233 g/mol. The molecule has 0 spiro atoms. The predicted octanol–water partition coefficient (Wildman–Crippen LogP) is 0.343. The molecule has 0 aliphatic carbocycles. The van der Waals surface area contributed by atoms with Crippen molar-refractivity contribution >= 4 is 28.8 Å². The van der Waals surface area contributed by atoms with Crippen LogP contribution in [0.3, 0.4) is 0 Å². The van der Waals surface area contributed by atoms with Crippen molar-refractivity contribution in [3.8, 4) is 0 Å². The number of carbonyl (C=O) groups is 1. The van der Waals surface area contributed by atoms with Gasteiger partial charge in [0.2, 0.25) is 0 Å². The van der Waals surface area contributed by atoms with E-state index in [1.807, 2.05) is 22.9 Å². The average Bonchev–Trinajstić information content (AvgIpc) is 1.87. The van der Waals surface area contributed by atoms with Crippen LogP contribution in [0.2, 0.25) is 0 Å². The molecule has 0 aromatic rings. The lowest BCUT2D eigenvalue weighted by Gasteiger charge is -2.08. The summed E-state index contributed by atoms with van der Waals surface area (Å²) in [6.45, 7) is 3.63. The van der Waals surface area contributed by atoms with Crippen LogP contribution in [0.5, 0.6) is 0 Å². The first-order chi connectivity index (χ1) is 4.22. The van der Waals surface area contributed by atoms with Crippen LogP contribution in [0.4, 0.5) is 0 Å². The summed E-state index contributed by atoms with van der Waals surface area (Å²) >= 11 is 1.82. The summed E-state index contributed by atoms with van der Waals surface area (Å²) in [5.74, 6) is -0.176. The van der Waals surface area contributed by atoms with Gasteiger partial charge in [-0.05, 0) is 6.08 Å². The van der Waals surface area contributed by atoms with Crippen LogP contribution in [0.15, 0.2) is 12.7 Å². The van der Waals surface area contributed by atoms with Crippen LogP contribution in [0, 0.1) is 0 Å². The summed E-state index contributed by atoms with van der Waals surface area (Å²) in [6.07, 6.45) is 1.21. The molecule has 0 unspecified atom stereocenters. The van der Waals surface area contributed by atoms with E-state index in [0.29, 0.717) is 6.54 Å². The van der Waals surface area contributed by atoms with Crippen molar-refractivity contribution in [3.63, 3.8) is 0 Å². The Kier molecular flexibility index (Phi) is 4.70. The molecule has 52 valence electrons. The number of carbonyl (C=O) groups excluding carboxylic acids is 1. The van der Waals surface area contributed by atoms with E-state index in [0.717, 1.165) is 0 Å². The first-order valence-electron chi connectivity index (χ1n) is 2.43. The molecule has 0 rings (SSSR count). The third kappa shape index (κ3) is 3.47. The molecule has 0 aliphatic rings. The first-order valence-corrected chi connectivity index (χ1v) is 3.39. The zero-order valence-electron chi connectivity index (χ0n) is 4.88. The average molecular weight is 241 g/mol. The number of amides is 1. The van der Waals surface area contributed by atoms with Gasteiger partial charge in [0.05, 0.1) is 36.0 Å². The summed E-state index contributed by atoms with van der Waals surface area (Å²) < 4.78 is 1.37. The SMILES string of the molecule is C=CC(=O)N(I)CCO. The maximum atomic E-state index is 10.6. The summed E-state index contributed by atoms with van der Waals surface area (Å²) in [4.78, 5) is 10.6. The Morgan fingerprint density at radius 3 is 2.78 bits per heavy atom. The topological polar surface area (TPSA) is 40.5 Å². The van der Waals surface area contributed by atoms with Gasteiger partial charge in [-0.25, -0.2) is 0 Å². The lowest BCUT2D eigenvalue weighted by molar-refractivity contribution is -0.120. The Labute approximate surface area is 67.8 Å². The summed E-state index contributed by atoms with van der Waals surface area (Å²) in [5.41, 5.74) is 0. The minimum Gasteiger partial charge on any atom is -0.395 e. The fourth-order valence-corrected chi connectivity index (χ4v) is 0.710. The van der Waals surface area contributed by atoms with E-state index >= 15 is 0 Å². The summed E-state index contributed by atoms with van der Waals surface area (Å²) in [5, 5.41) is 8.35. The fourth-order valence-electron chi connectivity index (χ4n) is 0.297. The van der Waals surface area contributed by atoms with E-state index in [2.05, 4.69) is 6.58 Å². The van der Waals surface area contributed by atoms with E-state index in [1.54, 1.807) is 0 Å². The van der Waals surface area contributed by atoms with Gasteiger partial charge in [0.15, 0.2) is 0 Å². The highest BCUT2D eigenvalue weighted by Gasteiger charge is 2.02. The van der Waals surface area contributed by atoms with E-state index in [9.17, 15) is 4.79 Å². The lowest BCUT2D eigenvalue weighted by Crippen LogP contribution is -2.21. The summed E-state index contributed by atoms with van der Waals surface area (Å²) in [7, 11) is 0. The molecule has 9 heavy (non-hydrogen) atoms. The zero-order chi connectivity index (χ0) is 7.28. The van der Waals surface area contributed by atoms with Crippen molar-refractivity contribution in [2.24, 2.45) is 0 Å². The number of nitrogens with zero attached hydrogens (tertiary/aromatic N) is 1. The van der Waals surface area contributed by atoms with E-state index in [1.165, 1.54) is 9.19 Å². The third-order valence-electron chi connectivity index (χ3n) is 0.710. The molecule has 0 atom stereocenters. The van der Waals surface area contributed by atoms with E-state index in [4.69, 9.17) is 5.11 Å². The number of halogens is 1. The number of aliphatic hydroxyl groups excluding tert-OH is 1. The molecule has 0 radical (unpaired) electrons. The van der Waals surface area contributed by atoms with Crippen LogP contribution >= 0.6 is 22.9 Å². The largest absolute Gasteiger partial charge is 0.395 e. The Hall–Kier alpha value is -0.100. The Morgan fingerprint density at radius 2 is 2.44 bits per heavy atom. The van der Waals surface area contributed by atoms with Crippen molar-refractivity contribution in [1.29, 1.82) is 0 Å². The molecule has 0 aromatic carbocycles. The van der Waals surface area contributed by atoms with Gasteiger partial charge in [0.25, 0.3) is 5.91 Å². The molecule has 0 fully saturated rings. The number of aliphatic hydroxyl groups is 1. The fraction of sp³-hybridized carbons (Fsp3) is 0.400. The summed E-state index contributed by atoms with van der Waals surface area (Å²) in [6, 6.07) is 0. The molecule has 0 saturated carbocycles. The second kappa shape index (κ2) is 4.75. The maximum Gasteiger partial charge on any atom is 0.254 e. The molecule has 0 saturated heterocycles. The van der Waals surface area contributed by atoms with Gasteiger partial charge < -0.3 is 5.11 Å². The quantitative estimate of drug-likeness (QED) is 0.439. The monoisotopic (exact) mass is 241 g/mol. The number of hydrogen-bond acceptors (Lipinski definition) is 2. The zero-order valence-corrected chi connectivity index (χ0v) is 7.04. The van der Waals surface area contributed by atoms with Gasteiger partial charge >= 0.3 is 0 Å². The van der Waals surface area contributed by atoms with Crippen molar-refractivity contribution in [2.45, 2.75) is 0 Å². The second-order valence-corrected chi connectivity index (χ2v) is 2.52. The highest BCUT2D eigenvalue weighted by molar-refractivity contribution is 14.1. The third-order valence-corrected chi connectivity index (χ3v) is 1.67. The van der Waals surface area contributed by atoms with Crippen LogP contribution < -0.4 is 0 Å². The molecule has 1 N–H and O–H groups in total. The number of rotatable bonds is 3. The van der Waals surface area contributed by atoms with Gasteiger partial charge in [-0.15, -0.1) is 0 Å². The first kappa shape index (κ1) is 8.90. The van der Waals surface area contributed by atoms with Gasteiger partial charge in [0, 0.05) is 0 Å². The molecule has 1 amide bonds. The van der Waals surface area contributed by atoms with E-state index in [-0.39, 0.29) is 12.5 Å². The molecule has 0 aliphatic heterocycles. The Morgan fingerprint density at radius 1 is 1.89 bits per heavy atom. The number of hydrogen-bond donors (Lipinski definition) is 1. The molecule has 4 heteroatoms. The maximum absolute atomic E-state index is 10.6. The molecular formula is C5H8INO2. The lowest BCUT2D eigenvalue weighted by atomic mass is 10.5. The minimum absolute atomic E-state index is 0.0114. The normalized spacial score (nSPS) is 8.67. The van der Waals surface area contributed by atoms with Crippen LogP contribution in [0.25, 0.3) is 0 Å². The van der Waals surface area contributed by atoms with Crippen molar-refractivity contribution < 1.29 is 9.90 Å². The van der Waals surface area contributed by atoms with Gasteiger partial charge in [0.1, 0.15) is 0 Å². The second-order valence-electron chi connectivity index (χ2n) is 1.35.